The number of rotatable bonds is 5. The quantitative estimate of drug-likeness (QED) is 0.513. The first-order valence-corrected chi connectivity index (χ1v) is 12.0. The molecule has 2 aliphatic heterocycles. The van der Waals surface area contributed by atoms with Gasteiger partial charge in [0.25, 0.3) is 0 Å². The zero-order valence-electron chi connectivity index (χ0n) is 16.8. The zero-order chi connectivity index (χ0) is 23.2. The standard InChI is InChI=1S/C19H17F3N4O4S2/c1-30-19(27)13-12-7-9(25-32(2,28)29)8-26(12)17(18-23-5-6-31-18)24-16(13)10-3-4-11(20)15(22)14(10)21/h3-6,9,16,25H,7-8H2,1-2H3/t9-,16+/m0/s1. The van der Waals surface area contributed by atoms with Crippen LogP contribution in [-0.2, 0) is 19.6 Å². The number of carbonyl (C=O) groups is 1. The van der Waals surface area contributed by atoms with E-state index in [0.717, 1.165) is 25.5 Å². The largest absolute Gasteiger partial charge is 0.466 e. The van der Waals surface area contributed by atoms with E-state index in [4.69, 9.17) is 4.74 Å². The number of methoxy groups -OCH3 is 1. The van der Waals surface area contributed by atoms with Crippen LogP contribution in [0.25, 0.3) is 0 Å². The predicted octanol–water partition coefficient (Wildman–Crippen LogP) is 2.11. The van der Waals surface area contributed by atoms with Crippen molar-refractivity contribution in [3.05, 3.63) is 63.0 Å². The number of sulfonamides is 1. The molecule has 1 saturated heterocycles. The molecule has 13 heteroatoms. The molecule has 0 spiro atoms. The first-order valence-electron chi connectivity index (χ1n) is 9.28. The van der Waals surface area contributed by atoms with Crippen molar-refractivity contribution in [3.8, 4) is 0 Å². The molecule has 0 radical (unpaired) electrons. The van der Waals surface area contributed by atoms with E-state index in [0.29, 0.717) is 10.7 Å². The van der Waals surface area contributed by atoms with Gasteiger partial charge < -0.3 is 9.64 Å². The topological polar surface area (TPSA) is 101 Å². The Balaban J connectivity index is 1.92. The van der Waals surface area contributed by atoms with Gasteiger partial charge in [0.05, 0.1) is 18.9 Å². The summed E-state index contributed by atoms with van der Waals surface area (Å²) in [7, 11) is -2.44. The lowest BCUT2D eigenvalue weighted by Gasteiger charge is -2.31. The van der Waals surface area contributed by atoms with E-state index in [2.05, 4.69) is 14.7 Å². The van der Waals surface area contributed by atoms with Gasteiger partial charge in [-0.25, -0.2) is 36.1 Å². The normalized spacial score (nSPS) is 20.9. The molecule has 1 N–H and O–H groups in total. The molecule has 2 atom stereocenters. The van der Waals surface area contributed by atoms with Crippen LogP contribution in [0.3, 0.4) is 0 Å². The summed E-state index contributed by atoms with van der Waals surface area (Å²) in [6.45, 7) is 0.133. The molecule has 1 fully saturated rings. The van der Waals surface area contributed by atoms with Gasteiger partial charge in [0.1, 0.15) is 6.04 Å². The van der Waals surface area contributed by atoms with E-state index in [1.807, 2.05) is 0 Å². The highest BCUT2D eigenvalue weighted by atomic mass is 32.2. The third-order valence-corrected chi connectivity index (χ3v) is 6.56. The molecule has 0 amide bonds. The van der Waals surface area contributed by atoms with E-state index < -0.39 is 45.5 Å². The van der Waals surface area contributed by atoms with Gasteiger partial charge in [-0.05, 0) is 6.07 Å². The van der Waals surface area contributed by atoms with Gasteiger partial charge in [0.15, 0.2) is 28.3 Å². The molecule has 3 heterocycles. The van der Waals surface area contributed by atoms with Crippen molar-refractivity contribution in [3.63, 3.8) is 0 Å². The van der Waals surface area contributed by atoms with Crippen molar-refractivity contribution < 1.29 is 31.1 Å². The highest BCUT2D eigenvalue weighted by Gasteiger charge is 2.43. The van der Waals surface area contributed by atoms with Crippen LogP contribution in [-0.4, -0.2) is 56.1 Å². The monoisotopic (exact) mass is 486 g/mol. The van der Waals surface area contributed by atoms with Crippen LogP contribution in [0.2, 0.25) is 0 Å². The van der Waals surface area contributed by atoms with Crippen LogP contribution in [0, 0.1) is 17.5 Å². The van der Waals surface area contributed by atoms with Gasteiger partial charge >= 0.3 is 5.97 Å². The number of esters is 1. The number of ether oxygens (including phenoxy) is 1. The number of aliphatic imine (C=N–C) groups is 1. The van der Waals surface area contributed by atoms with Crippen LogP contribution < -0.4 is 4.72 Å². The zero-order valence-corrected chi connectivity index (χ0v) is 18.4. The maximum absolute atomic E-state index is 14.7. The highest BCUT2D eigenvalue weighted by molar-refractivity contribution is 7.88. The third-order valence-electron chi connectivity index (χ3n) is 5.03. The Morgan fingerprint density at radius 2 is 2.03 bits per heavy atom. The van der Waals surface area contributed by atoms with E-state index in [1.54, 1.807) is 10.3 Å². The summed E-state index contributed by atoms with van der Waals surface area (Å²) in [6, 6.07) is -0.194. The molecule has 170 valence electrons. The Hall–Kier alpha value is -2.77. The molecule has 0 unspecified atom stereocenters. The second kappa shape index (κ2) is 8.30. The number of carbonyl (C=O) groups excluding carboxylic acids is 1. The van der Waals surface area contributed by atoms with Crippen molar-refractivity contribution in [2.24, 2.45) is 4.99 Å². The maximum Gasteiger partial charge on any atom is 0.338 e. The number of nitrogens with one attached hydrogen (secondary N) is 1. The number of hydrogen-bond acceptors (Lipinski definition) is 8. The van der Waals surface area contributed by atoms with Crippen LogP contribution >= 0.6 is 11.3 Å². The molecule has 0 saturated carbocycles. The Bertz CT molecular complexity index is 1250. The molecule has 2 aromatic rings. The minimum atomic E-state index is -3.57. The smallest absolute Gasteiger partial charge is 0.338 e. The van der Waals surface area contributed by atoms with Crippen LogP contribution in [0.4, 0.5) is 13.2 Å². The van der Waals surface area contributed by atoms with E-state index >= 15 is 0 Å². The molecule has 2 aliphatic rings. The summed E-state index contributed by atoms with van der Waals surface area (Å²) in [5.74, 6) is -5.13. The SMILES string of the molecule is COC(=O)C1=C2C[C@H](NS(C)(=O)=O)CN2C(c2nccs2)=N[C@@H]1c1ccc(F)c(F)c1F. The van der Waals surface area contributed by atoms with Crippen molar-refractivity contribution in [1.29, 1.82) is 0 Å². The Morgan fingerprint density at radius 3 is 2.66 bits per heavy atom. The first kappa shape index (κ1) is 22.4. The van der Waals surface area contributed by atoms with Gasteiger partial charge in [-0.3, -0.25) is 4.99 Å². The molecule has 32 heavy (non-hydrogen) atoms. The predicted molar refractivity (Wildman–Crippen MR) is 110 cm³/mol. The van der Waals surface area contributed by atoms with Crippen LogP contribution in [0.15, 0.2) is 40.0 Å². The van der Waals surface area contributed by atoms with Crippen molar-refractivity contribution in [1.82, 2.24) is 14.6 Å². The summed E-state index contributed by atoms with van der Waals surface area (Å²) in [5, 5.41) is 2.12. The summed E-state index contributed by atoms with van der Waals surface area (Å²) >= 11 is 1.23. The Labute approximate surface area is 185 Å². The van der Waals surface area contributed by atoms with Crippen molar-refractivity contribution in [2.45, 2.75) is 18.5 Å². The first-order chi connectivity index (χ1) is 15.1. The summed E-state index contributed by atoms with van der Waals surface area (Å²) in [5.41, 5.74) is -0.104. The second-order valence-electron chi connectivity index (χ2n) is 7.21. The second-order valence-corrected chi connectivity index (χ2v) is 9.89. The lowest BCUT2D eigenvalue weighted by Crippen LogP contribution is -2.39. The fraction of sp³-hybridized carbons (Fsp3) is 0.316. The Kier molecular flexibility index (Phi) is 5.81. The molecular weight excluding hydrogens is 469 g/mol. The number of thiazole rings is 1. The van der Waals surface area contributed by atoms with Gasteiger partial charge in [0, 0.05) is 41.8 Å². The average Bonchev–Trinajstić information content (AvgIpc) is 3.39. The Morgan fingerprint density at radius 1 is 1.28 bits per heavy atom. The molecule has 1 aromatic heterocycles. The van der Waals surface area contributed by atoms with Gasteiger partial charge in [0.2, 0.25) is 10.0 Å². The minimum Gasteiger partial charge on any atom is -0.466 e. The fourth-order valence-corrected chi connectivity index (χ4v) is 5.23. The molecule has 0 aliphatic carbocycles. The van der Waals surface area contributed by atoms with Gasteiger partial charge in [-0.2, -0.15) is 0 Å². The number of amidine groups is 1. The molecular formula is C19H17F3N4O4S2. The van der Waals surface area contributed by atoms with Crippen LogP contribution in [0.5, 0.6) is 0 Å². The summed E-state index contributed by atoms with van der Waals surface area (Å²) in [6.07, 6.45) is 2.61. The lowest BCUT2D eigenvalue weighted by molar-refractivity contribution is -0.136. The molecule has 0 bridgehead atoms. The van der Waals surface area contributed by atoms with Gasteiger partial charge in [-0.15, -0.1) is 11.3 Å². The number of aromatic nitrogens is 1. The molecule has 8 nitrogen and oxygen atoms in total. The van der Waals surface area contributed by atoms with E-state index in [-0.39, 0.29) is 29.9 Å². The number of fused-ring (bicyclic) bond motifs is 1. The molecule has 4 rings (SSSR count). The molecule has 1 aromatic carbocycles. The maximum atomic E-state index is 14.7. The van der Waals surface area contributed by atoms with E-state index in [1.165, 1.54) is 17.5 Å². The lowest BCUT2D eigenvalue weighted by atomic mass is 9.94. The van der Waals surface area contributed by atoms with E-state index in [9.17, 15) is 26.4 Å². The fourth-order valence-electron chi connectivity index (χ4n) is 3.83. The number of nitrogens with zero attached hydrogens (tertiary/aromatic N) is 3. The van der Waals surface area contributed by atoms with Crippen molar-refractivity contribution >= 4 is 33.2 Å². The average molecular weight is 486 g/mol. The van der Waals surface area contributed by atoms with Crippen molar-refractivity contribution in [2.75, 3.05) is 19.9 Å². The number of benzene rings is 1. The number of hydrogen-bond donors (Lipinski definition) is 1. The summed E-state index contributed by atoms with van der Waals surface area (Å²) in [4.78, 5) is 23.0. The van der Waals surface area contributed by atoms with Crippen LogP contribution in [0.1, 0.15) is 23.0 Å². The van der Waals surface area contributed by atoms with Gasteiger partial charge in [-0.1, -0.05) is 6.07 Å². The summed E-state index contributed by atoms with van der Waals surface area (Å²) < 4.78 is 73.2. The minimum absolute atomic E-state index is 0.0731. The number of halogens is 3. The highest BCUT2D eigenvalue weighted by Crippen LogP contribution is 2.41. The third kappa shape index (κ3) is 4.02.